The highest BCUT2D eigenvalue weighted by Crippen LogP contribution is 2.59. The van der Waals surface area contributed by atoms with Gasteiger partial charge in [0.2, 0.25) is 0 Å². The Labute approximate surface area is 181 Å². The Morgan fingerprint density at radius 1 is 1.27 bits per heavy atom. The van der Waals surface area contributed by atoms with Crippen LogP contribution in [0.5, 0.6) is 0 Å². The fourth-order valence-electron chi connectivity index (χ4n) is 5.20. The third-order valence-corrected chi connectivity index (χ3v) is 7.27. The van der Waals surface area contributed by atoms with E-state index in [-0.39, 0.29) is 47.3 Å². The molecule has 0 radical (unpaired) electrons. The van der Waals surface area contributed by atoms with Gasteiger partial charge in [0, 0.05) is 20.8 Å². The lowest BCUT2D eigenvalue weighted by atomic mass is 9.68. The molecular weight excluding hydrogens is 384 g/mol. The Hall–Kier alpha value is -0.950. The molecule has 7 atom stereocenters. The molecule has 0 aromatic rings. The van der Waals surface area contributed by atoms with E-state index in [1.54, 1.807) is 14.2 Å². The third kappa shape index (κ3) is 4.93. The number of hydrogen-bond donors (Lipinski definition) is 0. The van der Waals surface area contributed by atoms with Crippen LogP contribution in [0, 0.1) is 17.8 Å². The van der Waals surface area contributed by atoms with Crippen LogP contribution in [-0.2, 0) is 28.5 Å². The van der Waals surface area contributed by atoms with Crippen molar-refractivity contribution in [2.75, 3.05) is 27.4 Å². The van der Waals surface area contributed by atoms with Crippen molar-refractivity contribution in [1.82, 2.24) is 0 Å². The largest absolute Gasteiger partial charge is 0.460 e. The van der Waals surface area contributed by atoms with E-state index in [1.807, 2.05) is 0 Å². The van der Waals surface area contributed by atoms with Gasteiger partial charge in [-0.05, 0) is 51.9 Å². The predicted octanol–water partition coefficient (Wildman–Crippen LogP) is 3.91. The van der Waals surface area contributed by atoms with Crippen LogP contribution in [0.1, 0.15) is 60.3 Å². The van der Waals surface area contributed by atoms with Crippen LogP contribution in [-0.4, -0.2) is 62.9 Å². The highest BCUT2D eigenvalue weighted by Gasteiger charge is 2.72. The molecule has 172 valence electrons. The van der Waals surface area contributed by atoms with E-state index in [0.717, 1.165) is 25.9 Å². The van der Waals surface area contributed by atoms with Gasteiger partial charge >= 0.3 is 5.97 Å². The van der Waals surface area contributed by atoms with Crippen molar-refractivity contribution >= 4 is 5.97 Å². The molecule has 1 saturated carbocycles. The van der Waals surface area contributed by atoms with E-state index in [9.17, 15) is 4.79 Å². The van der Waals surface area contributed by atoms with Crippen LogP contribution in [0.4, 0.5) is 0 Å². The SMILES string of the molecule is COC[C@H](CC(=O)OC1CC[C@]2(CO2)C(C2(C)O[C@@H]2CC=C(C)C)C1OC)C(C)C. The summed E-state index contributed by atoms with van der Waals surface area (Å²) in [4.78, 5) is 12.7. The molecule has 0 aromatic heterocycles. The maximum atomic E-state index is 12.7. The highest BCUT2D eigenvalue weighted by molar-refractivity contribution is 5.70. The molecule has 2 heterocycles. The molecule has 2 saturated heterocycles. The van der Waals surface area contributed by atoms with Crippen LogP contribution < -0.4 is 0 Å². The fourth-order valence-corrected chi connectivity index (χ4v) is 5.20. The zero-order valence-electron chi connectivity index (χ0n) is 19.7. The summed E-state index contributed by atoms with van der Waals surface area (Å²) in [5, 5.41) is 0. The summed E-state index contributed by atoms with van der Waals surface area (Å²) in [6.07, 6.45) is 4.75. The molecule has 2 aliphatic heterocycles. The summed E-state index contributed by atoms with van der Waals surface area (Å²) in [7, 11) is 3.38. The number of ether oxygens (including phenoxy) is 5. The molecule has 0 bridgehead atoms. The quantitative estimate of drug-likeness (QED) is 0.301. The molecule has 0 N–H and O–H groups in total. The summed E-state index contributed by atoms with van der Waals surface area (Å²) in [6.45, 7) is 11.9. The van der Waals surface area contributed by atoms with Crippen LogP contribution >= 0.6 is 0 Å². The monoisotopic (exact) mass is 424 g/mol. The lowest BCUT2D eigenvalue weighted by molar-refractivity contribution is -0.173. The molecule has 3 fully saturated rings. The van der Waals surface area contributed by atoms with Crippen molar-refractivity contribution in [3.8, 4) is 0 Å². The first-order valence-corrected chi connectivity index (χ1v) is 11.3. The van der Waals surface area contributed by atoms with Gasteiger partial charge < -0.3 is 23.7 Å². The van der Waals surface area contributed by atoms with E-state index in [0.29, 0.717) is 18.9 Å². The Morgan fingerprint density at radius 3 is 2.50 bits per heavy atom. The molecule has 0 amide bonds. The molecular formula is C24H40O6. The van der Waals surface area contributed by atoms with Crippen LogP contribution in [0.15, 0.2) is 11.6 Å². The number of carbonyl (C=O) groups is 1. The zero-order chi connectivity index (χ0) is 22.1. The Kier molecular flexibility index (Phi) is 7.33. The average molecular weight is 425 g/mol. The number of rotatable bonds is 10. The summed E-state index contributed by atoms with van der Waals surface area (Å²) >= 11 is 0. The fraction of sp³-hybridized carbons (Fsp3) is 0.875. The van der Waals surface area contributed by atoms with Crippen LogP contribution in [0.25, 0.3) is 0 Å². The van der Waals surface area contributed by atoms with Crippen molar-refractivity contribution in [3.05, 3.63) is 11.6 Å². The standard InChI is InChI=1S/C24H40O6/c1-15(2)8-9-19-23(5,30-19)22-21(27-7)18(10-11-24(22)14-28-24)29-20(25)12-17(13-26-6)16(3)4/h8,16-19,21-22H,9-14H2,1-7H3/t17-,18?,19+,21?,22?,23?,24-/m0/s1. The van der Waals surface area contributed by atoms with Gasteiger partial charge in [-0.3, -0.25) is 4.79 Å². The molecule has 0 aromatic carbocycles. The minimum atomic E-state index is -0.315. The van der Waals surface area contributed by atoms with Gasteiger partial charge in [-0.25, -0.2) is 0 Å². The molecule has 1 aliphatic carbocycles. The minimum Gasteiger partial charge on any atom is -0.460 e. The van der Waals surface area contributed by atoms with Gasteiger partial charge in [0.05, 0.1) is 25.0 Å². The van der Waals surface area contributed by atoms with E-state index in [2.05, 4.69) is 40.7 Å². The number of allylic oxidation sites excluding steroid dienone is 1. The van der Waals surface area contributed by atoms with Crippen molar-refractivity contribution in [3.63, 3.8) is 0 Å². The van der Waals surface area contributed by atoms with Gasteiger partial charge in [0.1, 0.15) is 23.4 Å². The molecule has 6 nitrogen and oxygen atoms in total. The summed E-state index contributed by atoms with van der Waals surface area (Å²) in [5.41, 5.74) is 0.777. The van der Waals surface area contributed by atoms with E-state index >= 15 is 0 Å². The molecule has 1 spiro atoms. The van der Waals surface area contributed by atoms with Gasteiger partial charge in [-0.15, -0.1) is 0 Å². The van der Waals surface area contributed by atoms with Gasteiger partial charge in [0.15, 0.2) is 0 Å². The maximum Gasteiger partial charge on any atom is 0.306 e. The lowest BCUT2D eigenvalue weighted by Gasteiger charge is -2.42. The lowest BCUT2D eigenvalue weighted by Crippen LogP contribution is -2.55. The summed E-state index contributed by atoms with van der Waals surface area (Å²) < 4.78 is 29.4. The summed E-state index contributed by atoms with van der Waals surface area (Å²) in [6, 6.07) is 0. The topological polar surface area (TPSA) is 69.8 Å². The first-order chi connectivity index (χ1) is 14.2. The predicted molar refractivity (Wildman–Crippen MR) is 114 cm³/mol. The van der Waals surface area contributed by atoms with Crippen molar-refractivity contribution in [1.29, 1.82) is 0 Å². The smallest absolute Gasteiger partial charge is 0.306 e. The second-order valence-corrected chi connectivity index (χ2v) is 10.1. The van der Waals surface area contributed by atoms with Gasteiger partial charge in [-0.1, -0.05) is 25.5 Å². The molecule has 6 heteroatoms. The number of hydrogen-bond acceptors (Lipinski definition) is 6. The van der Waals surface area contributed by atoms with Gasteiger partial charge in [-0.2, -0.15) is 0 Å². The minimum absolute atomic E-state index is 0.0528. The molecule has 3 rings (SSSR count). The van der Waals surface area contributed by atoms with Crippen LogP contribution in [0.3, 0.4) is 0 Å². The number of epoxide rings is 2. The van der Waals surface area contributed by atoms with E-state index in [4.69, 9.17) is 23.7 Å². The number of esters is 1. The Morgan fingerprint density at radius 2 is 1.97 bits per heavy atom. The molecule has 30 heavy (non-hydrogen) atoms. The summed E-state index contributed by atoms with van der Waals surface area (Å²) in [5.74, 6) is 0.385. The normalized spacial score (nSPS) is 38.4. The van der Waals surface area contributed by atoms with E-state index in [1.165, 1.54) is 5.57 Å². The Balaban J connectivity index is 1.69. The Bertz CT molecular complexity index is 636. The van der Waals surface area contributed by atoms with Crippen molar-refractivity contribution in [2.45, 2.75) is 89.8 Å². The first-order valence-electron chi connectivity index (χ1n) is 11.3. The second-order valence-electron chi connectivity index (χ2n) is 10.1. The third-order valence-electron chi connectivity index (χ3n) is 7.27. The van der Waals surface area contributed by atoms with E-state index < -0.39 is 0 Å². The average Bonchev–Trinajstić information content (AvgIpc) is 3.58. The zero-order valence-corrected chi connectivity index (χ0v) is 19.7. The van der Waals surface area contributed by atoms with Crippen molar-refractivity contribution in [2.24, 2.45) is 17.8 Å². The number of carbonyl (C=O) groups excluding carboxylic acids is 1. The molecule has 3 aliphatic rings. The van der Waals surface area contributed by atoms with Crippen LogP contribution in [0.2, 0.25) is 0 Å². The highest BCUT2D eigenvalue weighted by atomic mass is 16.6. The number of methoxy groups -OCH3 is 2. The first kappa shape index (κ1) is 23.7. The van der Waals surface area contributed by atoms with Crippen molar-refractivity contribution < 1.29 is 28.5 Å². The van der Waals surface area contributed by atoms with Gasteiger partial charge in [0.25, 0.3) is 0 Å². The maximum absolute atomic E-state index is 12.7. The molecule has 4 unspecified atom stereocenters. The second kappa shape index (κ2) is 9.27.